The predicted octanol–water partition coefficient (Wildman–Crippen LogP) is 4.72. The third kappa shape index (κ3) is 2.06. The number of fused-ring (bicyclic) bond motifs is 5. The van der Waals surface area contributed by atoms with E-state index >= 15 is 0 Å². The Labute approximate surface area is 140 Å². The molecule has 0 saturated heterocycles. The molecule has 2 nitrogen and oxygen atoms in total. The first kappa shape index (κ1) is 15.6. The molecule has 6 atom stereocenters. The third-order valence-corrected chi connectivity index (χ3v) is 8.45. The van der Waals surface area contributed by atoms with Gasteiger partial charge < -0.3 is 0 Å². The highest BCUT2D eigenvalue weighted by molar-refractivity contribution is 5.91. The molecule has 4 aliphatic rings. The lowest BCUT2D eigenvalue weighted by atomic mass is 9.47. The standard InChI is InChI=1S/C21H30O2/c1-13(22)17-6-7-18-16-5-4-14-12-15(23)8-10-20(14,2)19(16)9-11-21(17,18)3/h12,16-19H,4-11H2,1-3H3/t16-,17?,18-,19-,20-,21+/m0/s1. The molecule has 0 aromatic rings. The first-order chi connectivity index (χ1) is 10.9. The van der Waals surface area contributed by atoms with Crippen LogP contribution in [0.3, 0.4) is 0 Å². The van der Waals surface area contributed by atoms with Crippen LogP contribution in [0.15, 0.2) is 11.6 Å². The van der Waals surface area contributed by atoms with Gasteiger partial charge in [0, 0.05) is 12.3 Å². The third-order valence-electron chi connectivity index (χ3n) is 8.45. The average Bonchev–Trinajstić information content (AvgIpc) is 2.85. The van der Waals surface area contributed by atoms with Gasteiger partial charge in [-0.3, -0.25) is 9.59 Å². The van der Waals surface area contributed by atoms with Crippen LogP contribution in [-0.4, -0.2) is 11.6 Å². The molecular weight excluding hydrogens is 284 g/mol. The summed E-state index contributed by atoms with van der Waals surface area (Å²) in [7, 11) is 0. The van der Waals surface area contributed by atoms with E-state index in [-0.39, 0.29) is 10.8 Å². The summed E-state index contributed by atoms with van der Waals surface area (Å²) < 4.78 is 0. The number of hydrogen-bond donors (Lipinski definition) is 0. The monoisotopic (exact) mass is 314 g/mol. The lowest BCUT2D eigenvalue weighted by molar-refractivity contribution is -0.128. The molecule has 126 valence electrons. The van der Waals surface area contributed by atoms with Gasteiger partial charge in [0.25, 0.3) is 0 Å². The Morgan fingerprint density at radius 3 is 2.57 bits per heavy atom. The van der Waals surface area contributed by atoms with Crippen LogP contribution in [-0.2, 0) is 9.59 Å². The fourth-order valence-electron chi connectivity index (χ4n) is 7.23. The van der Waals surface area contributed by atoms with Gasteiger partial charge in [0.1, 0.15) is 5.78 Å². The Bertz CT molecular complexity index is 589. The maximum Gasteiger partial charge on any atom is 0.155 e. The smallest absolute Gasteiger partial charge is 0.155 e. The summed E-state index contributed by atoms with van der Waals surface area (Å²) in [6.45, 7) is 6.65. The largest absolute Gasteiger partial charge is 0.300 e. The van der Waals surface area contributed by atoms with E-state index in [1.165, 1.54) is 31.3 Å². The molecular formula is C21H30O2. The minimum absolute atomic E-state index is 0.245. The Morgan fingerprint density at radius 2 is 1.83 bits per heavy atom. The number of carbonyl (C=O) groups is 2. The molecule has 4 aliphatic carbocycles. The molecule has 23 heavy (non-hydrogen) atoms. The van der Waals surface area contributed by atoms with Crippen molar-refractivity contribution in [3.63, 3.8) is 0 Å². The molecule has 3 saturated carbocycles. The van der Waals surface area contributed by atoms with E-state index in [1.807, 2.05) is 6.08 Å². The Hall–Kier alpha value is -0.920. The van der Waals surface area contributed by atoms with E-state index in [1.54, 1.807) is 6.92 Å². The van der Waals surface area contributed by atoms with Crippen molar-refractivity contribution in [2.45, 2.75) is 72.1 Å². The normalized spacial score (nSPS) is 49.0. The Morgan fingerprint density at radius 1 is 1.04 bits per heavy atom. The fraction of sp³-hybridized carbons (Fsp3) is 0.810. The number of allylic oxidation sites excluding steroid dienone is 1. The van der Waals surface area contributed by atoms with Crippen molar-refractivity contribution < 1.29 is 9.59 Å². The number of hydrogen-bond acceptors (Lipinski definition) is 2. The van der Waals surface area contributed by atoms with Gasteiger partial charge in [-0.2, -0.15) is 0 Å². The summed E-state index contributed by atoms with van der Waals surface area (Å²) in [6, 6.07) is 0. The molecule has 0 aliphatic heterocycles. The summed E-state index contributed by atoms with van der Waals surface area (Å²) >= 11 is 0. The van der Waals surface area contributed by atoms with Gasteiger partial charge in [-0.05, 0) is 86.5 Å². The molecule has 0 amide bonds. The molecule has 0 aromatic heterocycles. The van der Waals surface area contributed by atoms with Crippen LogP contribution >= 0.6 is 0 Å². The summed E-state index contributed by atoms with van der Waals surface area (Å²) in [5, 5.41) is 0. The average molecular weight is 314 g/mol. The number of Topliss-reactive ketones (excluding diaryl/α,β-unsaturated/α-hetero) is 1. The topological polar surface area (TPSA) is 34.1 Å². The molecule has 0 aromatic carbocycles. The van der Waals surface area contributed by atoms with Crippen LogP contribution in [0.4, 0.5) is 0 Å². The summed E-state index contributed by atoms with van der Waals surface area (Å²) in [6.07, 6.45) is 10.9. The minimum Gasteiger partial charge on any atom is -0.300 e. The van der Waals surface area contributed by atoms with E-state index in [9.17, 15) is 9.59 Å². The quantitative estimate of drug-likeness (QED) is 0.701. The van der Waals surface area contributed by atoms with Gasteiger partial charge in [0.05, 0.1) is 0 Å². The van der Waals surface area contributed by atoms with Gasteiger partial charge in [-0.15, -0.1) is 0 Å². The molecule has 1 unspecified atom stereocenters. The Balaban J connectivity index is 1.67. The van der Waals surface area contributed by atoms with Crippen molar-refractivity contribution >= 4 is 11.6 Å². The van der Waals surface area contributed by atoms with Crippen molar-refractivity contribution in [3.8, 4) is 0 Å². The molecule has 0 bridgehead atoms. The van der Waals surface area contributed by atoms with Gasteiger partial charge in [-0.25, -0.2) is 0 Å². The second-order valence-corrected chi connectivity index (χ2v) is 9.25. The second-order valence-electron chi connectivity index (χ2n) is 9.25. The fourth-order valence-corrected chi connectivity index (χ4v) is 7.23. The zero-order valence-electron chi connectivity index (χ0n) is 14.9. The van der Waals surface area contributed by atoms with Gasteiger partial charge in [0.2, 0.25) is 0 Å². The van der Waals surface area contributed by atoms with Crippen LogP contribution in [0.2, 0.25) is 0 Å². The van der Waals surface area contributed by atoms with Crippen LogP contribution in [0.25, 0.3) is 0 Å². The zero-order chi connectivity index (χ0) is 16.4. The summed E-state index contributed by atoms with van der Waals surface area (Å²) in [5.41, 5.74) is 1.95. The van der Waals surface area contributed by atoms with E-state index < -0.39 is 0 Å². The lowest BCUT2D eigenvalue weighted by Gasteiger charge is -2.58. The molecule has 3 fully saturated rings. The molecule has 0 spiro atoms. The van der Waals surface area contributed by atoms with Gasteiger partial charge in [0.15, 0.2) is 5.78 Å². The zero-order valence-corrected chi connectivity index (χ0v) is 14.9. The Kier molecular flexibility index (Phi) is 3.42. The van der Waals surface area contributed by atoms with Crippen molar-refractivity contribution in [3.05, 3.63) is 11.6 Å². The van der Waals surface area contributed by atoms with Crippen molar-refractivity contribution in [1.29, 1.82) is 0 Å². The predicted molar refractivity (Wildman–Crippen MR) is 90.9 cm³/mol. The maximum absolute atomic E-state index is 12.1. The maximum atomic E-state index is 12.1. The SMILES string of the molecule is CC(=O)C1CC[C@H]2[C@@H]3CCC4=CC(=O)CC[C@]4(C)[C@H]3CC[C@]12C. The second kappa shape index (κ2) is 5.04. The van der Waals surface area contributed by atoms with Crippen molar-refractivity contribution in [2.24, 2.45) is 34.5 Å². The molecule has 0 N–H and O–H groups in total. The molecule has 0 radical (unpaired) electrons. The minimum atomic E-state index is 0.245. The summed E-state index contributed by atoms with van der Waals surface area (Å²) in [5.74, 6) is 3.29. The number of rotatable bonds is 1. The van der Waals surface area contributed by atoms with Crippen LogP contribution < -0.4 is 0 Å². The highest BCUT2D eigenvalue weighted by atomic mass is 16.1. The van der Waals surface area contributed by atoms with E-state index in [4.69, 9.17) is 0 Å². The van der Waals surface area contributed by atoms with Crippen molar-refractivity contribution in [1.82, 2.24) is 0 Å². The molecule has 0 heterocycles. The van der Waals surface area contributed by atoms with Gasteiger partial charge in [-0.1, -0.05) is 19.4 Å². The van der Waals surface area contributed by atoms with Crippen LogP contribution in [0.1, 0.15) is 72.1 Å². The van der Waals surface area contributed by atoms with E-state index in [0.29, 0.717) is 17.5 Å². The van der Waals surface area contributed by atoms with Crippen LogP contribution in [0, 0.1) is 34.5 Å². The number of ketones is 2. The van der Waals surface area contributed by atoms with E-state index in [0.717, 1.165) is 43.4 Å². The van der Waals surface area contributed by atoms with Crippen LogP contribution in [0.5, 0.6) is 0 Å². The summed E-state index contributed by atoms with van der Waals surface area (Å²) in [4.78, 5) is 24.0. The van der Waals surface area contributed by atoms with E-state index in [2.05, 4.69) is 13.8 Å². The van der Waals surface area contributed by atoms with Gasteiger partial charge >= 0.3 is 0 Å². The lowest BCUT2D eigenvalue weighted by Crippen LogP contribution is -2.51. The van der Waals surface area contributed by atoms with Crippen molar-refractivity contribution in [2.75, 3.05) is 0 Å². The molecule has 2 heteroatoms. The first-order valence-corrected chi connectivity index (χ1v) is 9.60. The molecule has 4 rings (SSSR count). The first-order valence-electron chi connectivity index (χ1n) is 9.60. The highest BCUT2D eigenvalue weighted by Gasteiger charge is 2.59. The number of carbonyl (C=O) groups excluding carboxylic acids is 2. The highest BCUT2D eigenvalue weighted by Crippen LogP contribution is 2.66.